The van der Waals surface area contributed by atoms with Gasteiger partial charge in [-0.3, -0.25) is 0 Å². The van der Waals surface area contributed by atoms with Crippen molar-refractivity contribution in [2.24, 2.45) is 0 Å². The van der Waals surface area contributed by atoms with E-state index in [0.29, 0.717) is 23.2 Å². The highest BCUT2D eigenvalue weighted by atomic mass is 35.5. The van der Waals surface area contributed by atoms with Crippen LogP contribution in [-0.2, 0) is 13.1 Å². The Labute approximate surface area is 201 Å². The highest BCUT2D eigenvalue weighted by molar-refractivity contribution is 7.16. The van der Waals surface area contributed by atoms with Gasteiger partial charge in [0.2, 0.25) is 0 Å². The number of urea groups is 1. The van der Waals surface area contributed by atoms with Gasteiger partial charge in [-0.15, -0.1) is 11.3 Å². The predicted molar refractivity (Wildman–Crippen MR) is 125 cm³/mol. The molecular weight excluding hydrogens is 481 g/mol. The number of nitrogens with zero attached hydrogens (tertiary/aromatic N) is 7. The van der Waals surface area contributed by atoms with Crippen molar-refractivity contribution < 1.29 is 9.18 Å². The van der Waals surface area contributed by atoms with Crippen LogP contribution in [0.4, 0.5) is 9.18 Å². The number of rotatable bonds is 6. The molecule has 0 spiro atoms. The lowest BCUT2D eigenvalue weighted by atomic mass is 10.3. The molecule has 0 aliphatic rings. The summed E-state index contributed by atoms with van der Waals surface area (Å²) in [4.78, 5) is 25.3. The molecule has 5 aromatic rings. The number of benzene rings is 2. The van der Waals surface area contributed by atoms with E-state index in [1.165, 1.54) is 34.5 Å². The van der Waals surface area contributed by atoms with E-state index >= 15 is 0 Å². The third kappa shape index (κ3) is 4.45. The van der Waals surface area contributed by atoms with Gasteiger partial charge in [0.05, 0.1) is 45.2 Å². The summed E-state index contributed by atoms with van der Waals surface area (Å²) in [7, 11) is 0. The monoisotopic (exact) mass is 497 g/mol. The Balaban J connectivity index is 1.24. The van der Waals surface area contributed by atoms with Gasteiger partial charge >= 0.3 is 6.03 Å². The summed E-state index contributed by atoms with van der Waals surface area (Å²) >= 11 is 7.30. The number of hydrogen-bond acceptors (Lipinski definition) is 7. The number of aromatic nitrogens is 7. The number of carbonyl (C=O) groups is 1. The van der Waals surface area contributed by atoms with Crippen LogP contribution < -0.4 is 10.6 Å². The molecule has 13 heteroatoms. The largest absolute Gasteiger partial charge is 0.331 e. The molecule has 0 aliphatic carbocycles. The number of nitrogens with one attached hydrogen (secondary N) is 2. The second-order valence-electron chi connectivity index (χ2n) is 7.21. The molecule has 34 heavy (non-hydrogen) atoms. The summed E-state index contributed by atoms with van der Waals surface area (Å²) in [6, 6.07) is 9.68. The van der Waals surface area contributed by atoms with Crippen LogP contribution in [0.5, 0.6) is 0 Å². The van der Waals surface area contributed by atoms with Crippen molar-refractivity contribution in [2.45, 2.75) is 20.0 Å². The van der Waals surface area contributed by atoms with Crippen LogP contribution in [0.25, 0.3) is 21.6 Å². The molecule has 3 heterocycles. The zero-order valence-electron chi connectivity index (χ0n) is 17.7. The Morgan fingerprint density at radius 2 is 1.82 bits per heavy atom. The molecule has 5 rings (SSSR count). The van der Waals surface area contributed by atoms with Gasteiger partial charge in [-0.05, 0) is 37.3 Å². The highest BCUT2D eigenvalue weighted by Gasteiger charge is 2.14. The molecule has 172 valence electrons. The number of amides is 2. The Kier molecular flexibility index (Phi) is 5.90. The van der Waals surface area contributed by atoms with Gasteiger partial charge in [-0.2, -0.15) is 10.2 Å². The quantitative estimate of drug-likeness (QED) is 0.370. The average Bonchev–Trinajstić information content (AvgIpc) is 3.57. The fourth-order valence-electron chi connectivity index (χ4n) is 3.36. The van der Waals surface area contributed by atoms with Gasteiger partial charge in [0, 0.05) is 6.07 Å². The van der Waals surface area contributed by atoms with E-state index in [4.69, 9.17) is 11.6 Å². The minimum absolute atomic E-state index is 0.0134. The fraction of sp³-hybridized carbons (Fsp3) is 0.143. The lowest BCUT2D eigenvalue weighted by molar-refractivity contribution is 0.239. The topological polar surface area (TPSA) is 115 Å². The minimum atomic E-state index is -0.567. The molecule has 0 aliphatic heterocycles. The van der Waals surface area contributed by atoms with Crippen molar-refractivity contribution in [3.05, 3.63) is 76.5 Å². The lowest BCUT2D eigenvalue weighted by Crippen LogP contribution is -2.36. The molecule has 2 N–H and O–H groups in total. The van der Waals surface area contributed by atoms with Crippen molar-refractivity contribution in [3.63, 3.8) is 0 Å². The van der Waals surface area contributed by atoms with Crippen molar-refractivity contribution in [1.82, 2.24) is 45.1 Å². The third-order valence-electron chi connectivity index (χ3n) is 4.92. The van der Waals surface area contributed by atoms with Crippen LogP contribution in [0, 0.1) is 12.7 Å². The number of halogens is 2. The van der Waals surface area contributed by atoms with Gasteiger partial charge < -0.3 is 10.6 Å². The third-order valence-corrected chi connectivity index (χ3v) is 6.02. The molecule has 0 bridgehead atoms. The van der Waals surface area contributed by atoms with E-state index < -0.39 is 11.8 Å². The van der Waals surface area contributed by atoms with Crippen LogP contribution in [0.15, 0.2) is 48.2 Å². The van der Waals surface area contributed by atoms with Crippen molar-refractivity contribution in [2.75, 3.05) is 0 Å². The van der Waals surface area contributed by atoms with Crippen molar-refractivity contribution >= 4 is 39.2 Å². The van der Waals surface area contributed by atoms with Crippen molar-refractivity contribution in [1.29, 1.82) is 0 Å². The molecule has 10 nitrogen and oxygen atoms in total. The zero-order chi connectivity index (χ0) is 23.7. The number of aryl methyl sites for hydroxylation is 1. The molecule has 3 aromatic heterocycles. The first kappa shape index (κ1) is 21.9. The van der Waals surface area contributed by atoms with E-state index in [1.807, 2.05) is 18.2 Å². The number of fused-ring (bicyclic) bond motifs is 1. The summed E-state index contributed by atoms with van der Waals surface area (Å²) in [5.74, 6) is 0.922. The molecular formula is C21H17ClFN9OS. The Morgan fingerprint density at radius 3 is 2.65 bits per heavy atom. The zero-order valence-corrected chi connectivity index (χ0v) is 19.3. The van der Waals surface area contributed by atoms with E-state index in [-0.39, 0.29) is 18.1 Å². The molecule has 0 saturated carbocycles. The standard InChI is InChI=1S/C21H17ClFN9OS/c1-12-29-20(32(30-12)13-2-4-15(22)16(23)6-13)9-25-21(33)24-8-19-26-10-28-31(19)14-3-5-17-18(7-14)34-11-27-17/h2-7,10-11H,8-9H2,1H3,(H2,24,25,33). The summed E-state index contributed by atoms with van der Waals surface area (Å²) < 4.78 is 18.0. The maximum Gasteiger partial charge on any atom is 0.315 e. The van der Waals surface area contributed by atoms with Crippen LogP contribution in [0.3, 0.4) is 0 Å². The molecule has 0 unspecified atom stereocenters. The maximum absolute atomic E-state index is 13.9. The van der Waals surface area contributed by atoms with Crippen LogP contribution in [0.2, 0.25) is 5.02 Å². The summed E-state index contributed by atoms with van der Waals surface area (Å²) in [6.07, 6.45) is 1.43. The number of hydrogen-bond donors (Lipinski definition) is 2. The van der Waals surface area contributed by atoms with Gasteiger partial charge in [0.1, 0.15) is 18.0 Å². The first-order valence-corrected chi connectivity index (χ1v) is 11.4. The molecule has 0 atom stereocenters. The van der Waals surface area contributed by atoms with Crippen LogP contribution in [-0.4, -0.2) is 40.5 Å². The van der Waals surface area contributed by atoms with E-state index in [9.17, 15) is 9.18 Å². The fourth-order valence-corrected chi connectivity index (χ4v) is 4.18. The Bertz CT molecular complexity index is 1490. The molecule has 0 saturated heterocycles. The lowest BCUT2D eigenvalue weighted by Gasteiger charge is -2.10. The smallest absolute Gasteiger partial charge is 0.315 e. The van der Waals surface area contributed by atoms with E-state index in [2.05, 4.69) is 35.8 Å². The normalized spacial score (nSPS) is 11.1. The molecule has 0 fully saturated rings. The SMILES string of the molecule is Cc1nc(CNC(=O)NCc2ncnn2-c2ccc3ncsc3c2)n(-c2ccc(Cl)c(F)c2)n1. The summed E-state index contributed by atoms with van der Waals surface area (Å²) in [5, 5.41) is 14.1. The van der Waals surface area contributed by atoms with Crippen LogP contribution in [0.1, 0.15) is 17.5 Å². The van der Waals surface area contributed by atoms with E-state index in [0.717, 1.165) is 15.9 Å². The minimum Gasteiger partial charge on any atom is -0.331 e. The second kappa shape index (κ2) is 9.15. The van der Waals surface area contributed by atoms with Gasteiger partial charge in [0.25, 0.3) is 0 Å². The first-order valence-electron chi connectivity index (χ1n) is 10.1. The van der Waals surface area contributed by atoms with Gasteiger partial charge in [-0.1, -0.05) is 11.6 Å². The highest BCUT2D eigenvalue weighted by Crippen LogP contribution is 2.21. The van der Waals surface area contributed by atoms with Crippen molar-refractivity contribution in [3.8, 4) is 11.4 Å². The second-order valence-corrected chi connectivity index (χ2v) is 8.51. The Morgan fingerprint density at radius 1 is 1.06 bits per heavy atom. The predicted octanol–water partition coefficient (Wildman–Crippen LogP) is 3.56. The molecule has 2 amide bonds. The Hall–Kier alpha value is -3.90. The van der Waals surface area contributed by atoms with Gasteiger partial charge in [0.15, 0.2) is 11.6 Å². The van der Waals surface area contributed by atoms with E-state index in [1.54, 1.807) is 23.2 Å². The summed E-state index contributed by atoms with van der Waals surface area (Å²) in [6.45, 7) is 1.94. The first-order chi connectivity index (χ1) is 16.5. The maximum atomic E-state index is 13.9. The average molecular weight is 498 g/mol. The molecule has 0 radical (unpaired) electrons. The van der Waals surface area contributed by atoms with Crippen LogP contribution >= 0.6 is 22.9 Å². The molecule has 2 aromatic carbocycles. The number of carbonyl (C=O) groups excluding carboxylic acids is 1. The summed E-state index contributed by atoms with van der Waals surface area (Å²) in [5.41, 5.74) is 3.97. The number of thiazole rings is 1. The van der Waals surface area contributed by atoms with Gasteiger partial charge in [-0.25, -0.2) is 33.5 Å².